The standard InChI is InChI=1S/C22H22N6O4S/c29-20(17-12-31-15-5-1-2-6-16(15)32-17)26-8-10-27(11-9-26)21(30)19-14-4-3-7-18(14)33-22(19)28-13-23-24-25-28/h1-2,5-6,13,17H,3-4,7-12H2/t17-/m1/s1. The van der Waals surface area contributed by atoms with E-state index in [2.05, 4.69) is 15.5 Å². The van der Waals surface area contributed by atoms with Crippen LogP contribution in [-0.2, 0) is 17.6 Å². The highest BCUT2D eigenvalue weighted by Crippen LogP contribution is 2.38. The summed E-state index contributed by atoms with van der Waals surface area (Å²) in [7, 11) is 0. The van der Waals surface area contributed by atoms with Crippen molar-refractivity contribution in [2.45, 2.75) is 25.4 Å². The van der Waals surface area contributed by atoms with E-state index in [9.17, 15) is 9.59 Å². The largest absolute Gasteiger partial charge is 0.485 e. The molecule has 6 rings (SSSR count). The van der Waals surface area contributed by atoms with Crippen LogP contribution < -0.4 is 9.47 Å². The zero-order chi connectivity index (χ0) is 22.4. The fourth-order valence-corrected chi connectivity index (χ4v) is 5.96. The van der Waals surface area contributed by atoms with E-state index in [-0.39, 0.29) is 18.4 Å². The first-order valence-corrected chi connectivity index (χ1v) is 11.8. The van der Waals surface area contributed by atoms with Crippen molar-refractivity contribution in [2.75, 3.05) is 32.8 Å². The number of benzene rings is 1. The minimum absolute atomic E-state index is 0.0156. The van der Waals surface area contributed by atoms with Crippen molar-refractivity contribution < 1.29 is 19.1 Å². The number of thiophene rings is 1. The third kappa shape index (κ3) is 3.52. The molecular weight excluding hydrogens is 444 g/mol. The van der Waals surface area contributed by atoms with Gasteiger partial charge in [0, 0.05) is 31.1 Å². The number of ether oxygens (including phenoxy) is 2. The van der Waals surface area contributed by atoms with E-state index in [1.165, 1.54) is 11.2 Å². The summed E-state index contributed by atoms with van der Waals surface area (Å²) in [6.07, 6.45) is 3.80. The molecule has 0 bridgehead atoms. The minimum atomic E-state index is -0.672. The smallest absolute Gasteiger partial charge is 0.267 e. The summed E-state index contributed by atoms with van der Waals surface area (Å²) in [5.74, 6) is 1.11. The molecule has 11 heteroatoms. The second kappa shape index (κ2) is 8.14. The van der Waals surface area contributed by atoms with E-state index < -0.39 is 6.10 Å². The van der Waals surface area contributed by atoms with Crippen LogP contribution in [0.4, 0.5) is 0 Å². The molecule has 10 nitrogen and oxygen atoms in total. The Hall–Kier alpha value is -3.47. The van der Waals surface area contributed by atoms with Gasteiger partial charge in [0.25, 0.3) is 11.8 Å². The Kier molecular flexibility index (Phi) is 4.97. The van der Waals surface area contributed by atoms with Crippen molar-refractivity contribution in [3.8, 4) is 16.5 Å². The molecular formula is C22H22N6O4S. The van der Waals surface area contributed by atoms with E-state index in [1.54, 1.807) is 27.0 Å². The normalized spacial score (nSPS) is 19.5. The molecule has 1 aliphatic carbocycles. The Morgan fingerprint density at radius 1 is 1.03 bits per heavy atom. The highest BCUT2D eigenvalue weighted by atomic mass is 32.1. The van der Waals surface area contributed by atoms with E-state index in [4.69, 9.17) is 9.47 Å². The molecule has 1 fully saturated rings. The monoisotopic (exact) mass is 466 g/mol. The maximum Gasteiger partial charge on any atom is 0.267 e. The van der Waals surface area contributed by atoms with Gasteiger partial charge in [-0.15, -0.1) is 16.4 Å². The fourth-order valence-electron chi connectivity index (χ4n) is 4.66. The Labute approximate surface area is 193 Å². The summed E-state index contributed by atoms with van der Waals surface area (Å²) in [6, 6.07) is 7.34. The molecule has 2 aromatic heterocycles. The number of amides is 2. The zero-order valence-electron chi connectivity index (χ0n) is 17.8. The van der Waals surface area contributed by atoms with Crippen LogP contribution in [0, 0.1) is 0 Å². The molecule has 33 heavy (non-hydrogen) atoms. The summed E-state index contributed by atoms with van der Waals surface area (Å²) in [5.41, 5.74) is 1.83. The number of hydrogen-bond acceptors (Lipinski definition) is 8. The first-order chi connectivity index (χ1) is 16.2. The molecule has 3 aromatic rings. The average molecular weight is 467 g/mol. The van der Waals surface area contributed by atoms with Crippen LogP contribution in [0.5, 0.6) is 11.5 Å². The second-order valence-electron chi connectivity index (χ2n) is 8.27. The number of piperazine rings is 1. The van der Waals surface area contributed by atoms with E-state index in [0.717, 1.165) is 29.8 Å². The summed E-state index contributed by atoms with van der Waals surface area (Å²) in [4.78, 5) is 31.4. The third-order valence-corrected chi connectivity index (χ3v) is 7.62. The van der Waals surface area contributed by atoms with Gasteiger partial charge in [-0.05, 0) is 47.4 Å². The number of tetrazole rings is 1. The van der Waals surface area contributed by atoms with Gasteiger partial charge in [0.15, 0.2) is 11.5 Å². The summed E-state index contributed by atoms with van der Waals surface area (Å²) in [6.45, 7) is 2.03. The predicted molar refractivity (Wildman–Crippen MR) is 118 cm³/mol. The SMILES string of the molecule is O=C(c1c(-n2cnnn2)sc2c1CCC2)N1CCN(C(=O)[C@H]2COc3ccccc3O2)CC1. The zero-order valence-corrected chi connectivity index (χ0v) is 18.7. The Morgan fingerprint density at radius 2 is 1.82 bits per heavy atom. The highest BCUT2D eigenvalue weighted by molar-refractivity contribution is 7.15. The van der Waals surface area contributed by atoms with Crippen molar-refractivity contribution in [2.24, 2.45) is 0 Å². The minimum Gasteiger partial charge on any atom is -0.485 e. The van der Waals surface area contributed by atoms with Gasteiger partial charge >= 0.3 is 0 Å². The van der Waals surface area contributed by atoms with Gasteiger partial charge in [0.05, 0.1) is 5.56 Å². The number of hydrogen-bond donors (Lipinski definition) is 0. The molecule has 0 spiro atoms. The summed E-state index contributed by atoms with van der Waals surface area (Å²) < 4.78 is 13.1. The molecule has 3 aliphatic rings. The maximum atomic E-state index is 13.6. The Bertz CT molecular complexity index is 1200. The van der Waals surface area contributed by atoms with Gasteiger partial charge in [-0.1, -0.05) is 12.1 Å². The predicted octanol–water partition coefficient (Wildman–Crippen LogP) is 1.34. The first kappa shape index (κ1) is 20.2. The van der Waals surface area contributed by atoms with Gasteiger partial charge in [-0.2, -0.15) is 4.68 Å². The maximum absolute atomic E-state index is 13.6. The lowest BCUT2D eigenvalue weighted by molar-refractivity contribution is -0.142. The van der Waals surface area contributed by atoms with E-state index >= 15 is 0 Å². The molecule has 2 aliphatic heterocycles. The third-order valence-electron chi connectivity index (χ3n) is 6.34. The van der Waals surface area contributed by atoms with Gasteiger partial charge in [0.2, 0.25) is 6.10 Å². The molecule has 1 saturated heterocycles. The van der Waals surface area contributed by atoms with Crippen LogP contribution in [0.1, 0.15) is 27.2 Å². The lowest BCUT2D eigenvalue weighted by atomic mass is 10.1. The fraction of sp³-hybridized carbons (Fsp3) is 0.409. The molecule has 4 heterocycles. The Balaban J connectivity index is 1.15. The van der Waals surface area contributed by atoms with Crippen molar-refractivity contribution in [3.05, 3.63) is 46.6 Å². The molecule has 0 N–H and O–H groups in total. The molecule has 2 amide bonds. The van der Waals surface area contributed by atoms with Crippen LogP contribution in [0.3, 0.4) is 0 Å². The number of carbonyl (C=O) groups is 2. The lowest BCUT2D eigenvalue weighted by Crippen LogP contribution is -2.55. The lowest BCUT2D eigenvalue weighted by Gasteiger charge is -2.37. The number of aromatic nitrogens is 4. The van der Waals surface area contributed by atoms with Gasteiger partial charge in [0.1, 0.15) is 17.9 Å². The van der Waals surface area contributed by atoms with Gasteiger partial charge < -0.3 is 19.3 Å². The quantitative estimate of drug-likeness (QED) is 0.574. The van der Waals surface area contributed by atoms with Gasteiger partial charge in [-0.3, -0.25) is 9.59 Å². The molecule has 170 valence electrons. The highest BCUT2D eigenvalue weighted by Gasteiger charge is 2.36. The van der Waals surface area contributed by atoms with Crippen LogP contribution >= 0.6 is 11.3 Å². The average Bonchev–Trinajstić information content (AvgIpc) is 3.60. The van der Waals surface area contributed by atoms with Crippen LogP contribution in [0.2, 0.25) is 0 Å². The number of nitrogens with zero attached hydrogens (tertiary/aromatic N) is 6. The van der Waals surface area contributed by atoms with Crippen molar-refractivity contribution in [3.63, 3.8) is 0 Å². The number of aryl methyl sites for hydroxylation is 1. The van der Waals surface area contributed by atoms with Crippen LogP contribution in [-0.4, -0.2) is 80.7 Å². The van der Waals surface area contributed by atoms with Gasteiger partial charge in [-0.25, -0.2) is 0 Å². The number of para-hydroxylation sites is 2. The number of rotatable bonds is 3. The summed E-state index contributed by atoms with van der Waals surface area (Å²) in [5, 5.41) is 12.2. The van der Waals surface area contributed by atoms with Crippen molar-refractivity contribution >= 4 is 23.2 Å². The van der Waals surface area contributed by atoms with Crippen molar-refractivity contribution in [1.82, 2.24) is 30.0 Å². The van der Waals surface area contributed by atoms with Crippen LogP contribution in [0.15, 0.2) is 30.6 Å². The number of carbonyl (C=O) groups excluding carboxylic acids is 2. The molecule has 1 aromatic carbocycles. The molecule has 1 atom stereocenters. The molecule has 0 unspecified atom stereocenters. The number of fused-ring (bicyclic) bond motifs is 2. The molecule has 0 saturated carbocycles. The molecule has 0 radical (unpaired) electrons. The van der Waals surface area contributed by atoms with E-state index in [0.29, 0.717) is 43.2 Å². The van der Waals surface area contributed by atoms with E-state index in [1.807, 2.05) is 23.1 Å². The second-order valence-corrected chi connectivity index (χ2v) is 9.36. The topological polar surface area (TPSA) is 103 Å². The summed E-state index contributed by atoms with van der Waals surface area (Å²) >= 11 is 1.60. The Morgan fingerprint density at radius 3 is 2.61 bits per heavy atom. The van der Waals surface area contributed by atoms with Crippen LogP contribution in [0.25, 0.3) is 5.00 Å². The first-order valence-electron chi connectivity index (χ1n) is 11.0. The van der Waals surface area contributed by atoms with Crippen molar-refractivity contribution in [1.29, 1.82) is 0 Å².